The lowest BCUT2D eigenvalue weighted by Crippen LogP contribution is -2.36. The molecule has 2 saturated carbocycles. The van der Waals surface area contributed by atoms with Crippen molar-refractivity contribution in [1.82, 2.24) is 5.32 Å². The van der Waals surface area contributed by atoms with Crippen LogP contribution in [0.1, 0.15) is 51.9 Å². The summed E-state index contributed by atoms with van der Waals surface area (Å²) in [5, 5.41) is 3.70. The lowest BCUT2D eigenvalue weighted by atomic mass is 9.76. The summed E-state index contributed by atoms with van der Waals surface area (Å²) in [6, 6.07) is 0.849. The molecule has 3 rings (SSSR count). The van der Waals surface area contributed by atoms with Gasteiger partial charge in [-0.3, -0.25) is 0 Å². The van der Waals surface area contributed by atoms with Gasteiger partial charge in [0, 0.05) is 25.1 Å². The van der Waals surface area contributed by atoms with Crippen molar-refractivity contribution in [2.24, 2.45) is 17.8 Å². The van der Waals surface area contributed by atoms with E-state index in [9.17, 15) is 0 Å². The highest BCUT2D eigenvalue weighted by molar-refractivity contribution is 4.89. The lowest BCUT2D eigenvalue weighted by Gasteiger charge is -2.33. The zero-order valence-electron chi connectivity index (χ0n) is 11.2. The van der Waals surface area contributed by atoms with Crippen LogP contribution in [0.3, 0.4) is 0 Å². The fourth-order valence-corrected chi connectivity index (χ4v) is 3.78. The van der Waals surface area contributed by atoms with Crippen LogP contribution in [0, 0.1) is 17.8 Å². The summed E-state index contributed by atoms with van der Waals surface area (Å²) >= 11 is 0. The molecule has 4 atom stereocenters. The average molecular weight is 237 g/mol. The van der Waals surface area contributed by atoms with Crippen molar-refractivity contribution in [3.8, 4) is 0 Å². The van der Waals surface area contributed by atoms with Crippen molar-refractivity contribution in [2.75, 3.05) is 13.2 Å². The smallest absolute Gasteiger partial charge is 0.0644 e. The van der Waals surface area contributed by atoms with Crippen LogP contribution in [0.15, 0.2) is 0 Å². The topological polar surface area (TPSA) is 21.3 Å². The van der Waals surface area contributed by atoms with E-state index < -0.39 is 0 Å². The van der Waals surface area contributed by atoms with Crippen molar-refractivity contribution in [2.45, 2.75) is 64.0 Å². The van der Waals surface area contributed by atoms with E-state index in [4.69, 9.17) is 4.74 Å². The second-order valence-corrected chi connectivity index (χ2v) is 6.60. The van der Waals surface area contributed by atoms with Gasteiger partial charge < -0.3 is 10.1 Å². The quantitative estimate of drug-likeness (QED) is 0.811. The van der Waals surface area contributed by atoms with Gasteiger partial charge in [-0.05, 0) is 43.9 Å². The summed E-state index contributed by atoms with van der Waals surface area (Å²) in [5.74, 6) is 2.58. The molecule has 98 valence electrons. The SMILES string of the molecule is CC1CCCC(C2OCCC2CNC2CC2)C1. The maximum Gasteiger partial charge on any atom is 0.0644 e. The van der Waals surface area contributed by atoms with Crippen molar-refractivity contribution in [3.05, 3.63) is 0 Å². The van der Waals surface area contributed by atoms with Crippen molar-refractivity contribution in [3.63, 3.8) is 0 Å². The second-order valence-electron chi connectivity index (χ2n) is 6.60. The Labute approximate surface area is 105 Å². The molecule has 0 amide bonds. The fourth-order valence-electron chi connectivity index (χ4n) is 3.78. The zero-order chi connectivity index (χ0) is 11.7. The Morgan fingerprint density at radius 3 is 2.76 bits per heavy atom. The van der Waals surface area contributed by atoms with E-state index in [2.05, 4.69) is 12.2 Å². The number of nitrogens with one attached hydrogen (secondary N) is 1. The molecule has 3 fully saturated rings. The third kappa shape index (κ3) is 3.03. The third-order valence-corrected chi connectivity index (χ3v) is 4.95. The first kappa shape index (κ1) is 12.0. The third-order valence-electron chi connectivity index (χ3n) is 4.95. The summed E-state index contributed by atoms with van der Waals surface area (Å²) < 4.78 is 6.07. The predicted molar refractivity (Wildman–Crippen MR) is 70.0 cm³/mol. The van der Waals surface area contributed by atoms with Gasteiger partial charge in [0.2, 0.25) is 0 Å². The van der Waals surface area contributed by atoms with Gasteiger partial charge in [-0.25, -0.2) is 0 Å². The van der Waals surface area contributed by atoms with Crippen LogP contribution in [0.4, 0.5) is 0 Å². The van der Waals surface area contributed by atoms with Crippen LogP contribution in [0.2, 0.25) is 0 Å². The summed E-state index contributed by atoms with van der Waals surface area (Å²) in [5.41, 5.74) is 0. The van der Waals surface area contributed by atoms with Gasteiger partial charge >= 0.3 is 0 Å². The molecule has 1 saturated heterocycles. The standard InChI is InChI=1S/C15H27NO/c1-11-3-2-4-12(9-11)15-13(7-8-17-15)10-16-14-5-6-14/h11-16H,2-10H2,1H3. The molecule has 4 unspecified atom stereocenters. The first-order valence-electron chi connectivity index (χ1n) is 7.68. The van der Waals surface area contributed by atoms with Crippen LogP contribution in [0.25, 0.3) is 0 Å². The minimum atomic E-state index is 0.573. The molecule has 17 heavy (non-hydrogen) atoms. The molecule has 0 spiro atoms. The molecule has 0 aromatic carbocycles. The number of hydrogen-bond acceptors (Lipinski definition) is 2. The molecule has 0 radical (unpaired) electrons. The van der Waals surface area contributed by atoms with Gasteiger partial charge in [-0.15, -0.1) is 0 Å². The first-order valence-corrected chi connectivity index (χ1v) is 7.68. The van der Waals surface area contributed by atoms with Crippen LogP contribution >= 0.6 is 0 Å². The second kappa shape index (κ2) is 5.27. The Morgan fingerprint density at radius 1 is 1.12 bits per heavy atom. The number of rotatable bonds is 4. The molecule has 1 aliphatic heterocycles. The minimum Gasteiger partial charge on any atom is -0.378 e. The largest absolute Gasteiger partial charge is 0.378 e. The van der Waals surface area contributed by atoms with Crippen LogP contribution in [-0.2, 0) is 4.74 Å². The maximum absolute atomic E-state index is 6.07. The molecule has 0 aromatic heterocycles. The van der Waals surface area contributed by atoms with Crippen molar-refractivity contribution >= 4 is 0 Å². The van der Waals surface area contributed by atoms with Gasteiger partial charge in [0.25, 0.3) is 0 Å². The van der Waals surface area contributed by atoms with E-state index in [0.717, 1.165) is 30.4 Å². The van der Waals surface area contributed by atoms with E-state index in [1.807, 2.05) is 0 Å². The highest BCUT2D eigenvalue weighted by Crippen LogP contribution is 2.38. The van der Waals surface area contributed by atoms with E-state index in [1.54, 1.807) is 0 Å². The van der Waals surface area contributed by atoms with Crippen LogP contribution in [0.5, 0.6) is 0 Å². The Hall–Kier alpha value is -0.0800. The Morgan fingerprint density at radius 2 is 2.00 bits per heavy atom. The van der Waals surface area contributed by atoms with E-state index in [0.29, 0.717) is 6.10 Å². The predicted octanol–water partition coefficient (Wildman–Crippen LogP) is 2.97. The summed E-state index contributed by atoms with van der Waals surface area (Å²) in [6.07, 6.45) is 10.3. The van der Waals surface area contributed by atoms with Gasteiger partial charge in [0.15, 0.2) is 0 Å². The van der Waals surface area contributed by atoms with E-state index >= 15 is 0 Å². The first-order chi connectivity index (χ1) is 8.33. The Bertz CT molecular complexity index is 251. The molecule has 0 aromatic rings. The van der Waals surface area contributed by atoms with Gasteiger partial charge in [-0.1, -0.05) is 19.8 Å². The summed E-state index contributed by atoms with van der Waals surface area (Å²) in [7, 11) is 0. The fraction of sp³-hybridized carbons (Fsp3) is 1.00. The minimum absolute atomic E-state index is 0.573. The average Bonchev–Trinajstić information content (AvgIpc) is 3.04. The molecule has 0 bridgehead atoms. The molecule has 1 N–H and O–H groups in total. The van der Waals surface area contributed by atoms with Crippen LogP contribution < -0.4 is 5.32 Å². The molecular formula is C15H27NO. The van der Waals surface area contributed by atoms with Gasteiger partial charge in [0.1, 0.15) is 0 Å². The molecule has 3 aliphatic rings. The molecule has 2 heteroatoms. The molecular weight excluding hydrogens is 210 g/mol. The monoisotopic (exact) mass is 237 g/mol. The lowest BCUT2D eigenvalue weighted by molar-refractivity contribution is 0.0187. The maximum atomic E-state index is 6.07. The number of ether oxygens (including phenoxy) is 1. The van der Waals surface area contributed by atoms with Gasteiger partial charge in [0.05, 0.1) is 6.10 Å². The molecule has 2 aliphatic carbocycles. The van der Waals surface area contributed by atoms with E-state index in [-0.39, 0.29) is 0 Å². The van der Waals surface area contributed by atoms with Crippen molar-refractivity contribution < 1.29 is 4.74 Å². The van der Waals surface area contributed by atoms with Crippen molar-refractivity contribution in [1.29, 1.82) is 0 Å². The van der Waals surface area contributed by atoms with Gasteiger partial charge in [-0.2, -0.15) is 0 Å². The normalized spacial score (nSPS) is 42.9. The summed E-state index contributed by atoms with van der Waals surface area (Å²) in [6.45, 7) is 4.63. The van der Waals surface area contributed by atoms with E-state index in [1.165, 1.54) is 51.5 Å². The number of hydrogen-bond donors (Lipinski definition) is 1. The summed E-state index contributed by atoms with van der Waals surface area (Å²) in [4.78, 5) is 0. The zero-order valence-corrected chi connectivity index (χ0v) is 11.2. The Kier molecular flexibility index (Phi) is 3.72. The highest BCUT2D eigenvalue weighted by atomic mass is 16.5. The highest BCUT2D eigenvalue weighted by Gasteiger charge is 2.37. The van der Waals surface area contributed by atoms with Crippen LogP contribution in [-0.4, -0.2) is 25.3 Å². The molecule has 2 nitrogen and oxygen atoms in total. The molecule has 1 heterocycles. The Balaban J connectivity index is 1.52.